The highest BCUT2D eigenvalue weighted by Crippen LogP contribution is 1.95. The zero-order chi connectivity index (χ0) is 12.7. The van der Waals surface area contributed by atoms with Crippen molar-refractivity contribution >= 4 is 12.0 Å². The molecule has 0 fully saturated rings. The molecular weight excluding hydrogens is 228 g/mol. The van der Waals surface area contributed by atoms with Gasteiger partial charge in [0.1, 0.15) is 0 Å². The summed E-state index contributed by atoms with van der Waals surface area (Å²) < 4.78 is 4.85. The van der Waals surface area contributed by atoms with Gasteiger partial charge in [0, 0.05) is 19.5 Å². The minimum absolute atomic E-state index is 0.0980. The summed E-state index contributed by atoms with van der Waals surface area (Å²) in [6.07, 6.45) is 0.337. The standard InChI is InChI=1S/C9H14N4O4/c1-6-12-7(17-13-6)2-4-10-9(16)11-5-3-8(14)15/h2-5H2,1H3,(H,14,15)(H2,10,11,16). The summed E-state index contributed by atoms with van der Waals surface area (Å²) >= 11 is 0. The van der Waals surface area contributed by atoms with Gasteiger partial charge < -0.3 is 20.3 Å². The van der Waals surface area contributed by atoms with Crippen molar-refractivity contribution in [3.05, 3.63) is 11.7 Å². The molecule has 17 heavy (non-hydrogen) atoms. The second kappa shape index (κ2) is 6.46. The van der Waals surface area contributed by atoms with Crippen molar-refractivity contribution in [2.24, 2.45) is 0 Å². The lowest BCUT2D eigenvalue weighted by molar-refractivity contribution is -0.136. The van der Waals surface area contributed by atoms with E-state index in [-0.39, 0.29) is 13.0 Å². The van der Waals surface area contributed by atoms with E-state index in [2.05, 4.69) is 20.8 Å². The topological polar surface area (TPSA) is 117 Å². The molecule has 0 spiro atoms. The first-order valence-corrected chi connectivity index (χ1v) is 5.10. The third kappa shape index (κ3) is 5.50. The number of rotatable bonds is 6. The van der Waals surface area contributed by atoms with E-state index in [0.717, 1.165) is 0 Å². The highest BCUT2D eigenvalue weighted by molar-refractivity contribution is 5.74. The van der Waals surface area contributed by atoms with Crippen LogP contribution < -0.4 is 10.6 Å². The largest absolute Gasteiger partial charge is 0.481 e. The number of aliphatic carboxylic acids is 1. The molecule has 1 aromatic heterocycles. The van der Waals surface area contributed by atoms with Gasteiger partial charge in [0.2, 0.25) is 5.89 Å². The lowest BCUT2D eigenvalue weighted by atomic mass is 10.4. The molecule has 0 atom stereocenters. The molecule has 94 valence electrons. The van der Waals surface area contributed by atoms with Crippen LogP contribution in [0.4, 0.5) is 4.79 Å². The predicted octanol–water partition coefficient (Wildman–Crippen LogP) is -0.306. The number of aromatic nitrogens is 2. The Kier molecular flexibility index (Phi) is 4.92. The quantitative estimate of drug-likeness (QED) is 0.630. The Hall–Kier alpha value is -2.12. The van der Waals surface area contributed by atoms with Gasteiger partial charge >= 0.3 is 12.0 Å². The van der Waals surface area contributed by atoms with Gasteiger partial charge in [-0.2, -0.15) is 4.98 Å². The molecule has 2 amide bonds. The maximum Gasteiger partial charge on any atom is 0.314 e. The van der Waals surface area contributed by atoms with Crippen LogP contribution in [0.25, 0.3) is 0 Å². The molecule has 0 unspecified atom stereocenters. The highest BCUT2D eigenvalue weighted by Gasteiger charge is 2.04. The molecule has 1 heterocycles. The van der Waals surface area contributed by atoms with E-state index >= 15 is 0 Å². The van der Waals surface area contributed by atoms with Crippen molar-refractivity contribution in [2.75, 3.05) is 13.1 Å². The summed E-state index contributed by atoms with van der Waals surface area (Å²) in [6, 6.07) is -0.414. The SMILES string of the molecule is Cc1noc(CCNC(=O)NCCC(=O)O)n1. The highest BCUT2D eigenvalue weighted by atomic mass is 16.5. The number of aryl methyl sites for hydroxylation is 1. The molecule has 0 aromatic carbocycles. The Morgan fingerprint density at radius 2 is 2.06 bits per heavy atom. The Bertz CT molecular complexity index is 390. The van der Waals surface area contributed by atoms with E-state index < -0.39 is 12.0 Å². The summed E-state index contributed by atoms with van der Waals surface area (Å²) in [4.78, 5) is 25.3. The summed E-state index contributed by atoms with van der Waals surface area (Å²) in [6.45, 7) is 2.15. The summed E-state index contributed by atoms with van der Waals surface area (Å²) in [5, 5.41) is 16.9. The first kappa shape index (κ1) is 12.9. The number of carbonyl (C=O) groups is 2. The molecule has 0 saturated heterocycles. The number of carboxylic acids is 1. The van der Waals surface area contributed by atoms with Crippen molar-refractivity contribution in [1.29, 1.82) is 0 Å². The van der Waals surface area contributed by atoms with E-state index in [1.807, 2.05) is 0 Å². The average molecular weight is 242 g/mol. The van der Waals surface area contributed by atoms with Crippen LogP contribution in [0, 0.1) is 6.92 Å². The van der Waals surface area contributed by atoms with Crippen LogP contribution >= 0.6 is 0 Å². The summed E-state index contributed by atoms with van der Waals surface area (Å²) in [7, 11) is 0. The monoisotopic (exact) mass is 242 g/mol. The predicted molar refractivity (Wildman–Crippen MR) is 56.4 cm³/mol. The van der Waals surface area contributed by atoms with Gasteiger partial charge in [0.25, 0.3) is 0 Å². The van der Waals surface area contributed by atoms with Crippen LogP contribution in [0.2, 0.25) is 0 Å². The third-order valence-corrected chi connectivity index (χ3v) is 1.82. The molecular formula is C9H14N4O4. The van der Waals surface area contributed by atoms with Crippen molar-refractivity contribution < 1.29 is 19.2 Å². The molecule has 1 rings (SSSR count). The Labute approximate surface area is 97.4 Å². The second-order valence-corrected chi connectivity index (χ2v) is 3.31. The van der Waals surface area contributed by atoms with E-state index in [9.17, 15) is 9.59 Å². The number of urea groups is 1. The van der Waals surface area contributed by atoms with Crippen molar-refractivity contribution in [3.63, 3.8) is 0 Å². The molecule has 0 aliphatic heterocycles. The molecule has 0 radical (unpaired) electrons. The fourth-order valence-electron chi connectivity index (χ4n) is 1.07. The van der Waals surface area contributed by atoms with Crippen LogP contribution in [-0.2, 0) is 11.2 Å². The van der Waals surface area contributed by atoms with Crippen molar-refractivity contribution in [1.82, 2.24) is 20.8 Å². The van der Waals surface area contributed by atoms with E-state index in [1.54, 1.807) is 6.92 Å². The first-order valence-electron chi connectivity index (χ1n) is 5.10. The van der Waals surface area contributed by atoms with Crippen LogP contribution in [0.1, 0.15) is 18.1 Å². The van der Waals surface area contributed by atoms with Gasteiger partial charge in [0.15, 0.2) is 5.82 Å². The number of hydrogen-bond donors (Lipinski definition) is 3. The van der Waals surface area contributed by atoms with Crippen LogP contribution in [0.3, 0.4) is 0 Å². The molecule has 1 aromatic rings. The zero-order valence-electron chi connectivity index (χ0n) is 9.39. The summed E-state index contributed by atoms with van der Waals surface area (Å²) in [5.74, 6) is 0.0471. The van der Waals surface area contributed by atoms with E-state index in [4.69, 9.17) is 9.63 Å². The number of hydrogen-bond acceptors (Lipinski definition) is 5. The van der Waals surface area contributed by atoms with Gasteiger partial charge in [-0.05, 0) is 6.92 Å². The van der Waals surface area contributed by atoms with Gasteiger partial charge in [-0.3, -0.25) is 4.79 Å². The number of nitrogens with one attached hydrogen (secondary N) is 2. The molecule has 8 nitrogen and oxygen atoms in total. The number of nitrogens with zero attached hydrogens (tertiary/aromatic N) is 2. The first-order chi connectivity index (χ1) is 8.08. The molecule has 3 N–H and O–H groups in total. The van der Waals surface area contributed by atoms with Crippen LogP contribution in [0.5, 0.6) is 0 Å². The van der Waals surface area contributed by atoms with E-state index in [0.29, 0.717) is 24.7 Å². The molecule has 0 aliphatic carbocycles. The Balaban J connectivity index is 2.10. The maximum atomic E-state index is 11.1. The minimum atomic E-state index is -0.952. The van der Waals surface area contributed by atoms with Gasteiger partial charge in [-0.25, -0.2) is 4.79 Å². The second-order valence-electron chi connectivity index (χ2n) is 3.31. The van der Waals surface area contributed by atoms with Crippen LogP contribution in [-0.4, -0.2) is 40.3 Å². The average Bonchev–Trinajstić information content (AvgIpc) is 2.63. The van der Waals surface area contributed by atoms with Gasteiger partial charge in [0.05, 0.1) is 6.42 Å². The Morgan fingerprint density at radius 1 is 1.35 bits per heavy atom. The maximum absolute atomic E-state index is 11.1. The van der Waals surface area contributed by atoms with E-state index in [1.165, 1.54) is 0 Å². The zero-order valence-corrected chi connectivity index (χ0v) is 9.39. The number of carboxylic acid groups (broad SMARTS) is 1. The lowest BCUT2D eigenvalue weighted by Crippen LogP contribution is -2.37. The fraction of sp³-hybridized carbons (Fsp3) is 0.556. The van der Waals surface area contributed by atoms with Crippen molar-refractivity contribution in [3.8, 4) is 0 Å². The number of amides is 2. The van der Waals surface area contributed by atoms with Crippen LogP contribution in [0.15, 0.2) is 4.52 Å². The molecule has 0 bridgehead atoms. The minimum Gasteiger partial charge on any atom is -0.481 e. The Morgan fingerprint density at radius 3 is 2.65 bits per heavy atom. The molecule has 0 saturated carbocycles. The number of carbonyl (C=O) groups excluding carboxylic acids is 1. The molecule has 0 aliphatic rings. The van der Waals surface area contributed by atoms with Gasteiger partial charge in [-0.1, -0.05) is 5.16 Å². The smallest absolute Gasteiger partial charge is 0.314 e. The fourth-order valence-corrected chi connectivity index (χ4v) is 1.07. The van der Waals surface area contributed by atoms with Gasteiger partial charge in [-0.15, -0.1) is 0 Å². The molecule has 8 heteroatoms. The lowest BCUT2D eigenvalue weighted by Gasteiger charge is -2.04. The summed E-state index contributed by atoms with van der Waals surface area (Å²) in [5.41, 5.74) is 0. The normalized spacial score (nSPS) is 9.94. The van der Waals surface area contributed by atoms with Crippen molar-refractivity contribution in [2.45, 2.75) is 19.8 Å². The third-order valence-electron chi connectivity index (χ3n) is 1.82.